The lowest BCUT2D eigenvalue weighted by molar-refractivity contribution is -0.0842. The number of nitrogens with one attached hydrogen (secondary N) is 1. The summed E-state index contributed by atoms with van der Waals surface area (Å²) in [7, 11) is 0. The fourth-order valence-corrected chi connectivity index (χ4v) is 9.60. The molecule has 1 aromatic rings. The van der Waals surface area contributed by atoms with Crippen molar-refractivity contribution in [1.29, 1.82) is 0 Å². The first-order chi connectivity index (χ1) is 17.9. The van der Waals surface area contributed by atoms with Gasteiger partial charge >= 0.3 is 11.7 Å². The lowest BCUT2D eigenvalue weighted by atomic mass is 9.46. The van der Waals surface area contributed by atoms with Crippen molar-refractivity contribution in [3.63, 3.8) is 0 Å². The summed E-state index contributed by atoms with van der Waals surface area (Å²) in [6.07, 6.45) is 19.7. The monoisotopic (exact) mass is 507 g/mol. The predicted octanol–water partition coefficient (Wildman–Crippen LogP) is 7.36. The Labute approximate surface area is 221 Å². The number of ether oxygens (including phenoxy) is 1. The summed E-state index contributed by atoms with van der Waals surface area (Å²) in [5.41, 5.74) is 3.09. The standard InChI is InChI=1S/C32H45NO4/c1-31-16-13-24(37-30(35)33-18-15-21-5-3-4-6-21)19-23(31)8-9-25-27-11-10-26(22-7-12-29(34)36-20-22)32(27,2)17-14-28(25)31/h7,11-12,20-21,23-26,28H,3-6,8-10,13-19H2,1-2H3,(H,33,35)/t23-,24+,25+,26-,28+,31+,32-/m1/s1. The van der Waals surface area contributed by atoms with E-state index < -0.39 is 0 Å². The zero-order valence-corrected chi connectivity index (χ0v) is 22.8. The first kappa shape index (κ1) is 25.2. The Balaban J connectivity index is 1.07. The topological polar surface area (TPSA) is 68.5 Å². The number of allylic oxidation sites excluding steroid dienone is 2. The molecule has 0 aliphatic heterocycles. The number of carbonyl (C=O) groups excluding carboxylic acids is 1. The molecule has 4 saturated carbocycles. The van der Waals surface area contributed by atoms with E-state index in [1.54, 1.807) is 17.9 Å². The van der Waals surface area contributed by atoms with E-state index in [0.717, 1.165) is 50.5 Å². The minimum Gasteiger partial charge on any atom is -0.446 e. The van der Waals surface area contributed by atoms with Gasteiger partial charge in [-0.1, -0.05) is 51.2 Å². The predicted molar refractivity (Wildman–Crippen MR) is 144 cm³/mol. The molecule has 0 bridgehead atoms. The molecule has 1 heterocycles. The molecule has 7 atom stereocenters. The molecule has 6 rings (SSSR count). The highest BCUT2D eigenvalue weighted by atomic mass is 16.6. The van der Waals surface area contributed by atoms with Gasteiger partial charge in [-0.2, -0.15) is 0 Å². The summed E-state index contributed by atoms with van der Waals surface area (Å²) in [5, 5.41) is 3.04. The second-order valence-electron chi connectivity index (χ2n) is 13.5. The van der Waals surface area contributed by atoms with Crippen LogP contribution in [-0.2, 0) is 4.74 Å². The first-order valence-electron chi connectivity index (χ1n) is 15.1. The smallest absolute Gasteiger partial charge is 0.407 e. The molecule has 5 nitrogen and oxygen atoms in total. The summed E-state index contributed by atoms with van der Waals surface area (Å²) in [4.78, 5) is 24.0. The zero-order chi connectivity index (χ0) is 25.6. The minimum atomic E-state index is -0.267. The van der Waals surface area contributed by atoms with E-state index in [9.17, 15) is 9.59 Å². The SMILES string of the molecule is C[C@]12CC[C@H](OC(=O)NCCC3CCCC3)C[C@H]1CC[C@H]1C3=CC[C@H](c4ccc(=O)oc4)[C@@]3(C)CC[C@@H]12. The van der Waals surface area contributed by atoms with Crippen LogP contribution in [0.1, 0.15) is 109 Å². The Morgan fingerprint density at radius 2 is 1.92 bits per heavy atom. The van der Waals surface area contributed by atoms with Gasteiger partial charge in [0.2, 0.25) is 0 Å². The highest BCUT2D eigenvalue weighted by molar-refractivity contribution is 5.67. The number of rotatable bonds is 5. The van der Waals surface area contributed by atoms with E-state index in [1.807, 2.05) is 6.07 Å². The van der Waals surface area contributed by atoms with Crippen molar-refractivity contribution in [2.45, 2.75) is 109 Å². The molecule has 0 aromatic carbocycles. The van der Waals surface area contributed by atoms with Gasteiger partial charge in [0.1, 0.15) is 6.10 Å². The van der Waals surface area contributed by atoms with Crippen LogP contribution < -0.4 is 10.9 Å². The first-order valence-corrected chi connectivity index (χ1v) is 15.1. The third-order valence-corrected chi connectivity index (χ3v) is 11.7. The highest BCUT2D eigenvalue weighted by Gasteiger charge is 2.58. The van der Waals surface area contributed by atoms with E-state index in [0.29, 0.717) is 23.2 Å². The van der Waals surface area contributed by atoms with Crippen LogP contribution in [0.25, 0.3) is 0 Å². The van der Waals surface area contributed by atoms with Crippen LogP contribution in [0, 0.1) is 34.5 Å². The number of carbonyl (C=O) groups is 1. The van der Waals surface area contributed by atoms with Gasteiger partial charge < -0.3 is 14.5 Å². The molecular weight excluding hydrogens is 462 g/mol. The molecule has 1 amide bonds. The molecule has 5 heteroatoms. The van der Waals surface area contributed by atoms with Crippen LogP contribution in [-0.4, -0.2) is 18.7 Å². The maximum atomic E-state index is 12.5. The lowest BCUT2D eigenvalue weighted by Crippen LogP contribution is -2.52. The molecule has 4 fully saturated rings. The summed E-state index contributed by atoms with van der Waals surface area (Å²) in [5.74, 6) is 3.23. The fraction of sp³-hybridized carbons (Fsp3) is 0.750. The number of fused-ring (bicyclic) bond motifs is 5. The number of hydrogen-bond donors (Lipinski definition) is 1. The van der Waals surface area contributed by atoms with Crippen LogP contribution >= 0.6 is 0 Å². The van der Waals surface area contributed by atoms with E-state index >= 15 is 0 Å². The zero-order valence-electron chi connectivity index (χ0n) is 22.8. The van der Waals surface area contributed by atoms with Crippen LogP contribution in [0.4, 0.5) is 4.79 Å². The fourth-order valence-electron chi connectivity index (χ4n) is 9.60. The van der Waals surface area contributed by atoms with Crippen molar-refractivity contribution in [1.82, 2.24) is 5.32 Å². The van der Waals surface area contributed by atoms with Gasteiger partial charge in [0.15, 0.2) is 0 Å². The molecule has 0 spiro atoms. The summed E-state index contributed by atoms with van der Waals surface area (Å²) in [6, 6.07) is 3.56. The molecule has 0 unspecified atom stereocenters. The largest absolute Gasteiger partial charge is 0.446 e. The van der Waals surface area contributed by atoms with Crippen LogP contribution in [0.2, 0.25) is 0 Å². The van der Waals surface area contributed by atoms with E-state index in [1.165, 1.54) is 56.9 Å². The van der Waals surface area contributed by atoms with Crippen LogP contribution in [0.15, 0.2) is 39.3 Å². The van der Waals surface area contributed by atoms with Crippen molar-refractivity contribution in [2.24, 2.45) is 34.5 Å². The van der Waals surface area contributed by atoms with Gasteiger partial charge in [-0.05, 0) is 110 Å². The maximum Gasteiger partial charge on any atom is 0.407 e. The number of amides is 1. The maximum absolute atomic E-state index is 12.5. The summed E-state index contributed by atoms with van der Waals surface area (Å²) >= 11 is 0. The normalized spacial score (nSPS) is 39.3. The van der Waals surface area contributed by atoms with Crippen LogP contribution in [0.5, 0.6) is 0 Å². The Kier molecular flexibility index (Phi) is 6.77. The average Bonchev–Trinajstić information content (AvgIpc) is 3.52. The van der Waals surface area contributed by atoms with Crippen molar-refractivity contribution in [3.8, 4) is 0 Å². The molecule has 37 heavy (non-hydrogen) atoms. The van der Waals surface area contributed by atoms with E-state index in [-0.39, 0.29) is 23.2 Å². The molecule has 5 aliphatic rings. The third kappa shape index (κ3) is 4.59. The Morgan fingerprint density at radius 1 is 1.08 bits per heavy atom. The van der Waals surface area contributed by atoms with Crippen molar-refractivity contribution in [3.05, 3.63) is 46.0 Å². The van der Waals surface area contributed by atoms with Gasteiger partial charge in [0.05, 0.1) is 6.26 Å². The Bertz CT molecular complexity index is 1070. The highest BCUT2D eigenvalue weighted by Crippen LogP contribution is 2.67. The summed E-state index contributed by atoms with van der Waals surface area (Å²) < 4.78 is 11.2. The van der Waals surface area contributed by atoms with Gasteiger partial charge in [-0.25, -0.2) is 9.59 Å². The van der Waals surface area contributed by atoms with Gasteiger partial charge in [-0.15, -0.1) is 0 Å². The number of alkyl carbamates (subject to hydrolysis) is 1. The minimum absolute atomic E-state index is 0.0674. The van der Waals surface area contributed by atoms with Crippen molar-refractivity contribution < 1.29 is 13.9 Å². The molecule has 0 saturated heterocycles. The molecule has 1 aromatic heterocycles. The molecule has 5 aliphatic carbocycles. The van der Waals surface area contributed by atoms with Gasteiger partial charge in [0, 0.05) is 12.6 Å². The third-order valence-electron chi connectivity index (χ3n) is 11.7. The van der Waals surface area contributed by atoms with Crippen molar-refractivity contribution in [2.75, 3.05) is 6.54 Å². The molecule has 1 N–H and O–H groups in total. The Morgan fingerprint density at radius 3 is 2.70 bits per heavy atom. The van der Waals surface area contributed by atoms with Gasteiger partial charge in [0.25, 0.3) is 0 Å². The average molecular weight is 508 g/mol. The molecular formula is C32H45NO4. The summed E-state index contributed by atoms with van der Waals surface area (Å²) in [6.45, 7) is 5.77. The van der Waals surface area contributed by atoms with Crippen molar-refractivity contribution >= 4 is 6.09 Å². The second kappa shape index (κ2) is 9.93. The lowest BCUT2D eigenvalue weighted by Gasteiger charge is -2.59. The number of hydrogen-bond acceptors (Lipinski definition) is 4. The molecule has 202 valence electrons. The van der Waals surface area contributed by atoms with Crippen LogP contribution in [0.3, 0.4) is 0 Å². The van der Waals surface area contributed by atoms with E-state index in [2.05, 4.69) is 25.2 Å². The molecule has 0 radical (unpaired) electrons. The van der Waals surface area contributed by atoms with Gasteiger partial charge in [-0.3, -0.25) is 0 Å². The quantitative estimate of drug-likeness (QED) is 0.423. The van der Waals surface area contributed by atoms with E-state index in [4.69, 9.17) is 9.15 Å². The second-order valence-corrected chi connectivity index (χ2v) is 13.5. The Hall–Kier alpha value is -2.04.